The molecule has 0 spiro atoms. The van der Waals surface area contributed by atoms with Gasteiger partial charge in [-0.2, -0.15) is 0 Å². The van der Waals surface area contributed by atoms with Crippen molar-refractivity contribution in [2.75, 3.05) is 19.6 Å². The van der Waals surface area contributed by atoms with Crippen molar-refractivity contribution in [1.29, 1.82) is 0 Å². The highest BCUT2D eigenvalue weighted by molar-refractivity contribution is 5.80. The van der Waals surface area contributed by atoms with Gasteiger partial charge in [0.25, 0.3) is 5.91 Å². The zero-order chi connectivity index (χ0) is 13.0. The lowest BCUT2D eigenvalue weighted by atomic mass is 9.79. The van der Waals surface area contributed by atoms with Gasteiger partial charge in [0.15, 0.2) is 0 Å². The SMILES string of the molecule is CC(C)[C@H](C)C1CCN(C(=O)C(O)CN)CC1. The van der Waals surface area contributed by atoms with Crippen LogP contribution in [-0.2, 0) is 4.79 Å². The lowest BCUT2D eigenvalue weighted by Gasteiger charge is -2.37. The maximum absolute atomic E-state index is 11.7. The molecule has 1 unspecified atom stereocenters. The fourth-order valence-electron chi connectivity index (χ4n) is 2.50. The van der Waals surface area contributed by atoms with E-state index in [2.05, 4.69) is 20.8 Å². The molecule has 0 bridgehead atoms. The molecule has 1 fully saturated rings. The van der Waals surface area contributed by atoms with Crippen molar-refractivity contribution in [3.05, 3.63) is 0 Å². The van der Waals surface area contributed by atoms with Crippen molar-refractivity contribution in [3.8, 4) is 0 Å². The Hall–Kier alpha value is -0.610. The third-order valence-corrected chi connectivity index (χ3v) is 4.15. The number of rotatable bonds is 4. The van der Waals surface area contributed by atoms with Crippen LogP contribution in [0.5, 0.6) is 0 Å². The molecule has 4 nitrogen and oxygen atoms in total. The lowest BCUT2D eigenvalue weighted by molar-refractivity contribution is -0.141. The van der Waals surface area contributed by atoms with Gasteiger partial charge in [0.2, 0.25) is 0 Å². The Morgan fingerprint density at radius 3 is 2.29 bits per heavy atom. The van der Waals surface area contributed by atoms with Crippen molar-refractivity contribution in [2.24, 2.45) is 23.5 Å². The molecular weight excluding hydrogens is 216 g/mol. The molecule has 4 heteroatoms. The van der Waals surface area contributed by atoms with Gasteiger partial charge in [-0.3, -0.25) is 4.79 Å². The summed E-state index contributed by atoms with van der Waals surface area (Å²) in [7, 11) is 0. The van der Waals surface area contributed by atoms with Gasteiger partial charge in [-0.05, 0) is 30.6 Å². The van der Waals surface area contributed by atoms with Crippen molar-refractivity contribution >= 4 is 5.91 Å². The smallest absolute Gasteiger partial charge is 0.252 e. The van der Waals surface area contributed by atoms with Crippen LogP contribution in [-0.4, -0.2) is 41.7 Å². The van der Waals surface area contributed by atoms with Crippen LogP contribution >= 0.6 is 0 Å². The van der Waals surface area contributed by atoms with Crippen molar-refractivity contribution in [1.82, 2.24) is 4.90 Å². The molecule has 2 atom stereocenters. The van der Waals surface area contributed by atoms with Gasteiger partial charge < -0.3 is 15.7 Å². The van der Waals surface area contributed by atoms with Crippen molar-refractivity contribution in [2.45, 2.75) is 39.7 Å². The van der Waals surface area contributed by atoms with Crippen LogP contribution in [0.2, 0.25) is 0 Å². The number of nitrogens with zero attached hydrogens (tertiary/aromatic N) is 1. The second kappa shape index (κ2) is 6.36. The van der Waals surface area contributed by atoms with Crippen LogP contribution in [0.4, 0.5) is 0 Å². The van der Waals surface area contributed by atoms with E-state index in [1.807, 2.05) is 0 Å². The highest BCUT2D eigenvalue weighted by atomic mass is 16.3. The predicted octanol–water partition coefficient (Wildman–Crippen LogP) is 0.837. The molecule has 1 aliphatic rings. The molecule has 0 saturated carbocycles. The minimum atomic E-state index is -1.02. The normalized spacial score (nSPS) is 21.6. The van der Waals surface area contributed by atoms with E-state index in [4.69, 9.17) is 5.73 Å². The highest BCUT2D eigenvalue weighted by Gasteiger charge is 2.29. The zero-order valence-electron chi connectivity index (χ0n) is 11.2. The quantitative estimate of drug-likeness (QED) is 0.767. The van der Waals surface area contributed by atoms with Crippen LogP contribution < -0.4 is 5.73 Å². The monoisotopic (exact) mass is 242 g/mol. The number of likely N-dealkylation sites (tertiary alicyclic amines) is 1. The molecule has 1 heterocycles. The summed E-state index contributed by atoms with van der Waals surface area (Å²) in [6.45, 7) is 8.33. The Morgan fingerprint density at radius 1 is 1.35 bits per heavy atom. The summed E-state index contributed by atoms with van der Waals surface area (Å²) in [6.07, 6.45) is 1.07. The van der Waals surface area contributed by atoms with Gasteiger partial charge in [0.1, 0.15) is 6.10 Å². The van der Waals surface area contributed by atoms with Crippen molar-refractivity contribution < 1.29 is 9.90 Å². The molecule has 1 amide bonds. The molecule has 17 heavy (non-hydrogen) atoms. The lowest BCUT2D eigenvalue weighted by Crippen LogP contribution is -2.47. The number of aliphatic hydroxyl groups is 1. The number of piperidine rings is 1. The predicted molar refractivity (Wildman–Crippen MR) is 68.4 cm³/mol. The van der Waals surface area contributed by atoms with Gasteiger partial charge in [-0.1, -0.05) is 20.8 Å². The Morgan fingerprint density at radius 2 is 1.88 bits per heavy atom. The molecule has 1 saturated heterocycles. The number of hydrogen-bond acceptors (Lipinski definition) is 3. The summed E-state index contributed by atoms with van der Waals surface area (Å²) in [6, 6.07) is 0. The fourth-order valence-corrected chi connectivity index (χ4v) is 2.50. The van der Waals surface area contributed by atoms with E-state index in [1.165, 1.54) is 0 Å². The number of nitrogens with two attached hydrogens (primary N) is 1. The largest absolute Gasteiger partial charge is 0.382 e. The first-order valence-electron chi connectivity index (χ1n) is 6.64. The molecule has 0 aromatic carbocycles. The van der Waals surface area contributed by atoms with E-state index in [9.17, 15) is 9.90 Å². The van der Waals surface area contributed by atoms with Gasteiger partial charge >= 0.3 is 0 Å². The standard InChI is InChI=1S/C13H26N2O2/c1-9(2)10(3)11-4-6-15(7-5-11)13(17)12(16)8-14/h9-12,16H,4-8,14H2,1-3H3/t10-,12?/m0/s1. The van der Waals surface area contributed by atoms with Gasteiger partial charge in [-0.25, -0.2) is 0 Å². The van der Waals surface area contributed by atoms with E-state index in [0.717, 1.165) is 25.9 Å². The first-order chi connectivity index (χ1) is 7.97. The van der Waals surface area contributed by atoms with Gasteiger partial charge in [0, 0.05) is 19.6 Å². The zero-order valence-corrected chi connectivity index (χ0v) is 11.2. The summed E-state index contributed by atoms with van der Waals surface area (Å²) in [5.74, 6) is 1.89. The topological polar surface area (TPSA) is 66.6 Å². The van der Waals surface area contributed by atoms with E-state index < -0.39 is 6.10 Å². The van der Waals surface area contributed by atoms with Crippen LogP contribution in [0.25, 0.3) is 0 Å². The fraction of sp³-hybridized carbons (Fsp3) is 0.923. The average molecular weight is 242 g/mol. The molecule has 100 valence electrons. The Kier molecular flexibility index (Phi) is 5.40. The van der Waals surface area contributed by atoms with Gasteiger partial charge in [0.05, 0.1) is 0 Å². The number of hydrogen-bond donors (Lipinski definition) is 2. The molecule has 0 aromatic rings. The second-order valence-corrected chi connectivity index (χ2v) is 5.52. The van der Waals surface area contributed by atoms with Crippen LogP contribution in [0.15, 0.2) is 0 Å². The number of carbonyl (C=O) groups excluding carboxylic acids is 1. The van der Waals surface area contributed by atoms with E-state index in [0.29, 0.717) is 17.8 Å². The molecular formula is C13H26N2O2. The third-order valence-electron chi connectivity index (χ3n) is 4.15. The Balaban J connectivity index is 2.43. The summed E-state index contributed by atoms with van der Waals surface area (Å²) in [5.41, 5.74) is 5.30. The summed E-state index contributed by atoms with van der Waals surface area (Å²) in [4.78, 5) is 13.5. The van der Waals surface area contributed by atoms with Crippen LogP contribution in [0, 0.1) is 17.8 Å². The molecule has 0 aliphatic carbocycles. The number of carbonyl (C=O) groups is 1. The summed E-state index contributed by atoms with van der Waals surface area (Å²) >= 11 is 0. The van der Waals surface area contributed by atoms with Crippen LogP contribution in [0.3, 0.4) is 0 Å². The summed E-state index contributed by atoms with van der Waals surface area (Å²) in [5, 5.41) is 9.43. The number of amides is 1. The summed E-state index contributed by atoms with van der Waals surface area (Å²) < 4.78 is 0. The number of aliphatic hydroxyl groups excluding tert-OH is 1. The Bertz CT molecular complexity index is 248. The van der Waals surface area contributed by atoms with E-state index >= 15 is 0 Å². The molecule has 1 rings (SSSR count). The molecule has 0 radical (unpaired) electrons. The molecule has 3 N–H and O–H groups in total. The Labute approximate surface area is 104 Å². The minimum absolute atomic E-state index is 0.0150. The molecule has 0 aromatic heterocycles. The van der Waals surface area contributed by atoms with Crippen molar-refractivity contribution in [3.63, 3.8) is 0 Å². The van der Waals surface area contributed by atoms with E-state index in [-0.39, 0.29) is 12.5 Å². The second-order valence-electron chi connectivity index (χ2n) is 5.52. The molecule has 1 aliphatic heterocycles. The first kappa shape index (κ1) is 14.5. The third kappa shape index (κ3) is 3.68. The average Bonchev–Trinajstić information content (AvgIpc) is 2.36. The maximum Gasteiger partial charge on any atom is 0.252 e. The van der Waals surface area contributed by atoms with E-state index in [1.54, 1.807) is 4.90 Å². The maximum atomic E-state index is 11.7. The van der Waals surface area contributed by atoms with Gasteiger partial charge in [-0.15, -0.1) is 0 Å². The van der Waals surface area contributed by atoms with Crippen LogP contribution in [0.1, 0.15) is 33.6 Å². The first-order valence-corrected chi connectivity index (χ1v) is 6.64. The highest BCUT2D eigenvalue weighted by Crippen LogP contribution is 2.29. The minimum Gasteiger partial charge on any atom is -0.382 e.